The molecule has 8 heteroatoms. The molecule has 1 heterocycles. The second-order valence-electron chi connectivity index (χ2n) is 3.99. The lowest BCUT2D eigenvalue weighted by Crippen LogP contribution is -2.22. The molecule has 0 aliphatic carbocycles. The van der Waals surface area contributed by atoms with Gasteiger partial charge in [-0.25, -0.2) is 0 Å². The van der Waals surface area contributed by atoms with E-state index in [4.69, 9.17) is 0 Å². The van der Waals surface area contributed by atoms with Gasteiger partial charge in [-0.3, -0.25) is 9.48 Å². The standard InChI is InChI=1S/C11H14BrF3N2O2/c1-3-17-9(10(12)7(2)16-17)4-8(18)5-19-6-11(13,14)15/h3-6H2,1-2H3. The summed E-state index contributed by atoms with van der Waals surface area (Å²) in [6, 6.07) is 0. The number of Topliss-reactive ketones (excluding diaryl/α,β-unsaturated/α-hetero) is 1. The van der Waals surface area contributed by atoms with Crippen molar-refractivity contribution in [1.29, 1.82) is 0 Å². The first kappa shape index (κ1) is 16.2. The fourth-order valence-corrected chi connectivity index (χ4v) is 1.98. The maximum Gasteiger partial charge on any atom is 0.411 e. The van der Waals surface area contributed by atoms with Gasteiger partial charge in [-0.05, 0) is 29.8 Å². The topological polar surface area (TPSA) is 44.1 Å². The van der Waals surface area contributed by atoms with Crippen molar-refractivity contribution in [1.82, 2.24) is 9.78 Å². The normalized spacial score (nSPS) is 11.9. The van der Waals surface area contributed by atoms with Crippen molar-refractivity contribution in [2.24, 2.45) is 0 Å². The molecule has 1 aromatic rings. The molecule has 1 aromatic heterocycles. The van der Waals surface area contributed by atoms with E-state index in [1.807, 2.05) is 6.92 Å². The van der Waals surface area contributed by atoms with Crippen LogP contribution in [0, 0.1) is 6.92 Å². The van der Waals surface area contributed by atoms with E-state index in [0.717, 1.165) is 5.69 Å². The average molecular weight is 343 g/mol. The summed E-state index contributed by atoms with van der Waals surface area (Å²) in [6.45, 7) is 2.27. The molecule has 0 spiro atoms. The van der Waals surface area contributed by atoms with Crippen LogP contribution in [0.1, 0.15) is 18.3 Å². The Kier molecular flexibility index (Phi) is 5.54. The smallest absolute Gasteiger partial charge is 0.364 e. The lowest BCUT2D eigenvalue weighted by atomic mass is 10.2. The molecule has 0 fully saturated rings. The van der Waals surface area contributed by atoms with E-state index in [2.05, 4.69) is 25.8 Å². The van der Waals surface area contributed by atoms with Crippen molar-refractivity contribution in [2.75, 3.05) is 13.2 Å². The molecule has 0 amide bonds. The van der Waals surface area contributed by atoms with Gasteiger partial charge < -0.3 is 4.74 Å². The minimum atomic E-state index is -4.41. The molecular weight excluding hydrogens is 329 g/mol. The summed E-state index contributed by atoms with van der Waals surface area (Å²) in [6.07, 6.45) is -4.42. The molecule has 0 aliphatic rings. The molecule has 0 aliphatic heterocycles. The minimum absolute atomic E-state index is 0.00682. The van der Waals surface area contributed by atoms with Crippen LogP contribution in [-0.4, -0.2) is 35.0 Å². The average Bonchev–Trinajstić information content (AvgIpc) is 2.55. The van der Waals surface area contributed by atoms with E-state index < -0.39 is 25.2 Å². The van der Waals surface area contributed by atoms with Gasteiger partial charge in [0, 0.05) is 6.54 Å². The summed E-state index contributed by atoms with van der Waals surface area (Å²) in [4.78, 5) is 11.6. The van der Waals surface area contributed by atoms with Gasteiger partial charge in [0.1, 0.15) is 13.2 Å². The molecule has 0 radical (unpaired) electrons. The van der Waals surface area contributed by atoms with Crippen LogP contribution in [-0.2, 0) is 22.5 Å². The SMILES string of the molecule is CCn1nc(C)c(Br)c1CC(=O)COCC(F)(F)F. The number of nitrogens with zero attached hydrogens (tertiary/aromatic N) is 2. The Balaban J connectivity index is 2.58. The number of carbonyl (C=O) groups is 1. The minimum Gasteiger partial charge on any atom is -0.364 e. The van der Waals surface area contributed by atoms with Crippen molar-refractivity contribution in [3.05, 3.63) is 15.9 Å². The molecule has 0 aromatic carbocycles. The first-order valence-corrected chi connectivity index (χ1v) is 6.42. The third kappa shape index (κ3) is 4.94. The first-order valence-electron chi connectivity index (χ1n) is 5.62. The number of hydrogen-bond donors (Lipinski definition) is 0. The summed E-state index contributed by atoms with van der Waals surface area (Å²) >= 11 is 3.31. The maximum absolute atomic E-state index is 11.9. The van der Waals surface area contributed by atoms with Gasteiger partial charge in [0.2, 0.25) is 0 Å². The van der Waals surface area contributed by atoms with Crippen LogP contribution in [0.25, 0.3) is 0 Å². The zero-order valence-electron chi connectivity index (χ0n) is 10.6. The van der Waals surface area contributed by atoms with Crippen molar-refractivity contribution in [3.8, 4) is 0 Å². The number of halogens is 4. The lowest BCUT2D eigenvalue weighted by Gasteiger charge is -2.08. The van der Waals surface area contributed by atoms with Gasteiger partial charge in [-0.1, -0.05) is 0 Å². The highest BCUT2D eigenvalue weighted by atomic mass is 79.9. The summed E-state index contributed by atoms with van der Waals surface area (Å²) in [7, 11) is 0. The number of alkyl halides is 3. The zero-order valence-corrected chi connectivity index (χ0v) is 12.1. The molecule has 0 bridgehead atoms. The van der Waals surface area contributed by atoms with Gasteiger partial charge in [-0.15, -0.1) is 0 Å². The second-order valence-corrected chi connectivity index (χ2v) is 4.78. The van der Waals surface area contributed by atoms with Crippen molar-refractivity contribution in [3.63, 3.8) is 0 Å². The van der Waals surface area contributed by atoms with Crippen LogP contribution in [0.3, 0.4) is 0 Å². The Morgan fingerprint density at radius 2 is 2.11 bits per heavy atom. The fourth-order valence-electron chi connectivity index (χ4n) is 1.56. The highest BCUT2D eigenvalue weighted by Gasteiger charge is 2.28. The maximum atomic E-state index is 11.9. The van der Waals surface area contributed by atoms with E-state index in [-0.39, 0.29) is 6.42 Å². The largest absolute Gasteiger partial charge is 0.411 e. The molecule has 108 valence electrons. The Hall–Kier alpha value is -0.890. The molecule has 1 rings (SSSR count). The third-order valence-electron chi connectivity index (χ3n) is 2.35. The van der Waals surface area contributed by atoms with Gasteiger partial charge in [0.25, 0.3) is 0 Å². The summed E-state index contributed by atoms with van der Waals surface area (Å²) in [5, 5.41) is 4.20. The summed E-state index contributed by atoms with van der Waals surface area (Å²) in [5.41, 5.74) is 1.39. The summed E-state index contributed by atoms with van der Waals surface area (Å²) in [5.74, 6) is -0.417. The molecule has 0 saturated heterocycles. The van der Waals surface area contributed by atoms with E-state index in [0.29, 0.717) is 16.7 Å². The van der Waals surface area contributed by atoms with E-state index in [9.17, 15) is 18.0 Å². The quantitative estimate of drug-likeness (QED) is 0.798. The molecule has 0 saturated carbocycles. The van der Waals surface area contributed by atoms with E-state index in [1.165, 1.54) is 0 Å². The van der Waals surface area contributed by atoms with E-state index >= 15 is 0 Å². The molecule has 0 atom stereocenters. The number of aryl methyl sites for hydroxylation is 2. The van der Waals surface area contributed by atoms with Crippen LogP contribution < -0.4 is 0 Å². The monoisotopic (exact) mass is 342 g/mol. The predicted octanol–water partition coefficient (Wildman–Crippen LogP) is 2.66. The predicted molar refractivity (Wildman–Crippen MR) is 65.9 cm³/mol. The van der Waals surface area contributed by atoms with Crippen LogP contribution in [0.4, 0.5) is 13.2 Å². The Morgan fingerprint density at radius 1 is 1.47 bits per heavy atom. The Morgan fingerprint density at radius 3 is 2.63 bits per heavy atom. The van der Waals surface area contributed by atoms with Gasteiger partial charge in [0.05, 0.1) is 22.3 Å². The highest BCUT2D eigenvalue weighted by Crippen LogP contribution is 2.21. The molecule has 19 heavy (non-hydrogen) atoms. The number of ketones is 1. The van der Waals surface area contributed by atoms with Crippen LogP contribution >= 0.6 is 15.9 Å². The number of hydrogen-bond acceptors (Lipinski definition) is 3. The fraction of sp³-hybridized carbons (Fsp3) is 0.636. The molecular formula is C11H14BrF3N2O2. The van der Waals surface area contributed by atoms with Crippen molar-refractivity contribution in [2.45, 2.75) is 33.0 Å². The van der Waals surface area contributed by atoms with Crippen molar-refractivity contribution < 1.29 is 22.7 Å². The Labute approximate surface area is 117 Å². The van der Waals surface area contributed by atoms with Crippen LogP contribution in [0.5, 0.6) is 0 Å². The molecule has 4 nitrogen and oxygen atoms in total. The number of aromatic nitrogens is 2. The number of ether oxygens (including phenoxy) is 1. The van der Waals surface area contributed by atoms with Gasteiger partial charge in [-0.2, -0.15) is 18.3 Å². The second kappa shape index (κ2) is 6.51. The third-order valence-corrected chi connectivity index (χ3v) is 3.38. The van der Waals surface area contributed by atoms with Crippen LogP contribution in [0.2, 0.25) is 0 Å². The van der Waals surface area contributed by atoms with E-state index in [1.54, 1.807) is 11.6 Å². The zero-order chi connectivity index (χ0) is 14.6. The van der Waals surface area contributed by atoms with Crippen molar-refractivity contribution >= 4 is 21.7 Å². The van der Waals surface area contributed by atoms with Gasteiger partial charge >= 0.3 is 6.18 Å². The molecule has 0 N–H and O–H groups in total. The summed E-state index contributed by atoms with van der Waals surface area (Å²) < 4.78 is 42.3. The first-order chi connectivity index (χ1) is 8.74. The number of carbonyl (C=O) groups excluding carboxylic acids is 1. The molecule has 0 unspecified atom stereocenters. The number of rotatable bonds is 6. The Bertz CT molecular complexity index is 458. The lowest BCUT2D eigenvalue weighted by molar-refractivity contribution is -0.175. The highest BCUT2D eigenvalue weighted by molar-refractivity contribution is 9.10. The van der Waals surface area contributed by atoms with Gasteiger partial charge in [0.15, 0.2) is 5.78 Å². The van der Waals surface area contributed by atoms with Crippen LogP contribution in [0.15, 0.2) is 4.47 Å².